The van der Waals surface area contributed by atoms with Gasteiger partial charge in [0.15, 0.2) is 0 Å². The average Bonchev–Trinajstić information content (AvgIpc) is 2.78. The number of rotatable bonds is 4. The van der Waals surface area contributed by atoms with Gasteiger partial charge in [-0.15, -0.1) is 0 Å². The lowest BCUT2D eigenvalue weighted by Gasteiger charge is -2.06. The fraction of sp³-hybridized carbons (Fsp3) is 0.222. The van der Waals surface area contributed by atoms with Crippen LogP contribution in [0.2, 0.25) is 0 Å². The summed E-state index contributed by atoms with van der Waals surface area (Å²) in [5, 5.41) is 2.45. The zero-order valence-corrected chi connectivity index (χ0v) is 11.7. The van der Waals surface area contributed by atoms with Crippen molar-refractivity contribution in [2.24, 2.45) is 0 Å². The lowest BCUT2D eigenvalue weighted by atomic mass is 10.1. The van der Waals surface area contributed by atoms with Gasteiger partial charge in [-0.2, -0.15) is 0 Å². The van der Waals surface area contributed by atoms with Crippen LogP contribution in [0.4, 0.5) is 4.39 Å². The van der Waals surface area contributed by atoms with E-state index in [1.165, 1.54) is 21.8 Å². The van der Waals surface area contributed by atoms with Gasteiger partial charge in [0.1, 0.15) is 0 Å². The van der Waals surface area contributed by atoms with E-state index in [1.807, 2.05) is 13.0 Å². The van der Waals surface area contributed by atoms with Gasteiger partial charge in [-0.1, -0.05) is 36.4 Å². The van der Waals surface area contributed by atoms with Gasteiger partial charge in [0, 0.05) is 28.4 Å². The molecule has 0 aliphatic carbocycles. The van der Waals surface area contributed by atoms with E-state index in [1.54, 1.807) is 0 Å². The number of hydrogen-bond donors (Lipinski definition) is 0. The fourth-order valence-corrected chi connectivity index (χ4v) is 2.78. The van der Waals surface area contributed by atoms with Gasteiger partial charge in [0.05, 0.1) is 6.67 Å². The number of halogens is 1. The number of alkyl halides is 1. The molecule has 1 nitrogen and oxygen atoms in total. The predicted molar refractivity (Wildman–Crippen MR) is 84.7 cm³/mol. The Labute approximate surface area is 118 Å². The largest absolute Gasteiger partial charge is 0.340 e. The maximum atomic E-state index is 12.5. The summed E-state index contributed by atoms with van der Waals surface area (Å²) < 4.78 is 14.7. The number of fused-ring (bicyclic) bond motifs is 3. The Morgan fingerprint density at radius 2 is 1.85 bits per heavy atom. The topological polar surface area (TPSA) is 4.93 Å². The zero-order valence-electron chi connectivity index (χ0n) is 11.7. The first-order valence-electron chi connectivity index (χ1n) is 6.95. The highest BCUT2D eigenvalue weighted by atomic mass is 19.1. The Hall–Kier alpha value is -2.09. The summed E-state index contributed by atoms with van der Waals surface area (Å²) in [6.07, 6.45) is 0.552. The number of aryl methyl sites for hydroxylation is 1. The van der Waals surface area contributed by atoms with E-state index < -0.39 is 0 Å². The third-order valence-corrected chi connectivity index (χ3v) is 3.78. The summed E-state index contributed by atoms with van der Waals surface area (Å²) >= 11 is 0. The molecular formula is C18H18FN. The van der Waals surface area contributed by atoms with Crippen molar-refractivity contribution in [2.45, 2.75) is 19.9 Å². The van der Waals surface area contributed by atoms with Gasteiger partial charge in [-0.05, 0) is 37.1 Å². The van der Waals surface area contributed by atoms with Crippen LogP contribution >= 0.6 is 0 Å². The van der Waals surface area contributed by atoms with Gasteiger partial charge in [-0.25, -0.2) is 0 Å². The van der Waals surface area contributed by atoms with Crippen LogP contribution in [0.3, 0.4) is 0 Å². The number of hydrogen-bond acceptors (Lipinski definition) is 0. The molecule has 0 radical (unpaired) electrons. The maximum Gasteiger partial charge on any atom is 0.0911 e. The quantitative estimate of drug-likeness (QED) is 0.613. The highest BCUT2D eigenvalue weighted by molar-refractivity contribution is 6.08. The molecule has 0 aliphatic heterocycles. The third-order valence-electron chi connectivity index (χ3n) is 3.78. The van der Waals surface area contributed by atoms with Crippen LogP contribution in [-0.4, -0.2) is 11.2 Å². The van der Waals surface area contributed by atoms with Gasteiger partial charge < -0.3 is 4.57 Å². The van der Waals surface area contributed by atoms with Gasteiger partial charge >= 0.3 is 0 Å². The van der Waals surface area contributed by atoms with Crippen LogP contribution in [0.25, 0.3) is 27.4 Å². The third kappa shape index (κ3) is 2.01. The Morgan fingerprint density at radius 3 is 2.60 bits per heavy atom. The molecule has 0 spiro atoms. The summed E-state index contributed by atoms with van der Waals surface area (Å²) in [7, 11) is 0. The molecule has 20 heavy (non-hydrogen) atoms. The maximum absolute atomic E-state index is 12.5. The first kappa shape index (κ1) is 12.9. The van der Waals surface area contributed by atoms with Crippen molar-refractivity contribution in [3.05, 3.63) is 54.6 Å². The molecule has 0 N–H and O–H groups in total. The standard InChI is InChI=1S/C18H18FN/c1-13(2)14-8-9-18-16(12-14)15-6-3-4-7-17(15)20(18)11-5-10-19/h3-4,6-9,12H,1,5,10-11H2,2H3. The molecule has 2 heteroatoms. The monoisotopic (exact) mass is 267 g/mol. The van der Waals surface area contributed by atoms with Gasteiger partial charge in [-0.3, -0.25) is 4.39 Å². The Morgan fingerprint density at radius 1 is 1.10 bits per heavy atom. The summed E-state index contributed by atoms with van der Waals surface area (Å²) in [5.41, 5.74) is 4.57. The number of nitrogens with zero attached hydrogens (tertiary/aromatic N) is 1. The molecule has 0 aliphatic rings. The highest BCUT2D eigenvalue weighted by Gasteiger charge is 2.10. The lowest BCUT2D eigenvalue weighted by Crippen LogP contribution is -1.98. The van der Waals surface area contributed by atoms with Crippen molar-refractivity contribution >= 4 is 27.4 Å². The van der Waals surface area contributed by atoms with E-state index in [-0.39, 0.29) is 6.67 Å². The molecular weight excluding hydrogens is 249 g/mol. The summed E-state index contributed by atoms with van der Waals surface area (Å²) in [6.45, 7) is 6.46. The molecule has 0 bridgehead atoms. The smallest absolute Gasteiger partial charge is 0.0911 e. The molecule has 0 fully saturated rings. The van der Waals surface area contributed by atoms with Crippen LogP contribution in [0.15, 0.2) is 49.0 Å². The van der Waals surface area contributed by atoms with Crippen molar-refractivity contribution in [3.8, 4) is 0 Å². The minimum atomic E-state index is -0.280. The van der Waals surface area contributed by atoms with Crippen molar-refractivity contribution in [3.63, 3.8) is 0 Å². The first-order valence-corrected chi connectivity index (χ1v) is 6.95. The predicted octanol–water partition coefficient (Wildman–Crippen LogP) is 5.19. The lowest BCUT2D eigenvalue weighted by molar-refractivity contribution is 0.452. The second-order valence-electron chi connectivity index (χ2n) is 5.22. The van der Waals surface area contributed by atoms with E-state index in [2.05, 4.69) is 47.5 Å². The first-order chi connectivity index (χ1) is 9.72. The summed E-state index contributed by atoms with van der Waals surface area (Å²) in [4.78, 5) is 0. The van der Waals surface area contributed by atoms with E-state index >= 15 is 0 Å². The van der Waals surface area contributed by atoms with Gasteiger partial charge in [0.25, 0.3) is 0 Å². The zero-order chi connectivity index (χ0) is 14.1. The molecule has 0 atom stereocenters. The van der Waals surface area contributed by atoms with E-state index in [0.29, 0.717) is 13.0 Å². The second-order valence-corrected chi connectivity index (χ2v) is 5.22. The summed E-state index contributed by atoms with van der Waals surface area (Å²) in [6, 6.07) is 14.7. The normalized spacial score (nSPS) is 11.3. The van der Waals surface area contributed by atoms with Crippen molar-refractivity contribution < 1.29 is 4.39 Å². The number of allylic oxidation sites excluding steroid dienone is 1. The molecule has 1 aromatic heterocycles. The Balaban J connectivity index is 2.32. The second kappa shape index (κ2) is 5.12. The summed E-state index contributed by atoms with van der Waals surface area (Å²) in [5.74, 6) is 0. The van der Waals surface area contributed by atoms with Gasteiger partial charge in [0.2, 0.25) is 0 Å². The average molecular weight is 267 g/mol. The minimum absolute atomic E-state index is 0.280. The number of aromatic nitrogens is 1. The van der Waals surface area contributed by atoms with Crippen LogP contribution in [0.1, 0.15) is 18.9 Å². The van der Waals surface area contributed by atoms with Crippen LogP contribution in [-0.2, 0) is 6.54 Å². The molecule has 0 amide bonds. The SMILES string of the molecule is C=C(C)c1ccc2c(c1)c1ccccc1n2CCCF. The van der Waals surface area contributed by atoms with E-state index in [4.69, 9.17) is 0 Å². The number of benzene rings is 2. The fourth-order valence-electron chi connectivity index (χ4n) is 2.78. The molecule has 1 heterocycles. The van der Waals surface area contributed by atoms with Crippen molar-refractivity contribution in [2.75, 3.05) is 6.67 Å². The van der Waals surface area contributed by atoms with Crippen molar-refractivity contribution in [1.29, 1.82) is 0 Å². The van der Waals surface area contributed by atoms with E-state index in [9.17, 15) is 4.39 Å². The molecule has 0 saturated heterocycles. The minimum Gasteiger partial charge on any atom is -0.340 e. The molecule has 102 valence electrons. The van der Waals surface area contributed by atoms with Crippen LogP contribution in [0, 0.1) is 0 Å². The van der Waals surface area contributed by atoms with E-state index in [0.717, 1.165) is 11.1 Å². The highest BCUT2D eigenvalue weighted by Crippen LogP contribution is 2.31. The molecule has 3 rings (SSSR count). The molecule has 0 saturated carbocycles. The molecule has 2 aromatic carbocycles. The molecule has 3 aromatic rings. The Kier molecular flexibility index (Phi) is 3.31. The molecule has 0 unspecified atom stereocenters. The van der Waals surface area contributed by atoms with Crippen LogP contribution in [0.5, 0.6) is 0 Å². The van der Waals surface area contributed by atoms with Crippen LogP contribution < -0.4 is 0 Å². The Bertz CT molecular complexity index is 783. The number of para-hydroxylation sites is 1. The van der Waals surface area contributed by atoms with Crippen molar-refractivity contribution in [1.82, 2.24) is 4.57 Å².